The van der Waals surface area contributed by atoms with Gasteiger partial charge in [0.1, 0.15) is 17.6 Å². The fourth-order valence-corrected chi connectivity index (χ4v) is 3.82. The summed E-state index contributed by atoms with van der Waals surface area (Å²) in [5, 5.41) is 10.3. The second-order valence-electron chi connectivity index (χ2n) is 7.04. The first-order valence-corrected chi connectivity index (χ1v) is 10.4. The van der Waals surface area contributed by atoms with Gasteiger partial charge < -0.3 is 20.1 Å². The molecule has 2 heterocycles. The van der Waals surface area contributed by atoms with E-state index in [0.29, 0.717) is 22.9 Å². The maximum atomic E-state index is 12.7. The van der Waals surface area contributed by atoms with Gasteiger partial charge in [-0.3, -0.25) is 9.59 Å². The lowest BCUT2D eigenvalue weighted by Crippen LogP contribution is -2.24. The van der Waals surface area contributed by atoms with Gasteiger partial charge in [-0.25, -0.2) is 4.68 Å². The van der Waals surface area contributed by atoms with Gasteiger partial charge in [0.15, 0.2) is 0 Å². The number of hydrogen-bond acceptors (Lipinski definition) is 5. The smallest absolute Gasteiger partial charge is 0.251 e. The Hall–Kier alpha value is -3.17. The second-order valence-corrected chi connectivity index (χ2v) is 7.96. The van der Waals surface area contributed by atoms with Gasteiger partial charge in [0.2, 0.25) is 5.91 Å². The maximum Gasteiger partial charge on any atom is 0.251 e. The summed E-state index contributed by atoms with van der Waals surface area (Å²) in [6, 6.07) is 14.0. The minimum Gasteiger partial charge on any atom is -0.497 e. The van der Waals surface area contributed by atoms with Crippen LogP contribution >= 0.6 is 15.9 Å². The monoisotopic (exact) mass is 484 g/mol. The van der Waals surface area contributed by atoms with Crippen molar-refractivity contribution in [3.63, 3.8) is 0 Å². The molecule has 1 aliphatic rings. The molecule has 4 rings (SSSR count). The molecule has 0 radical (unpaired) electrons. The SMILES string of the molecule is COCc1nn2c(c1-c1cccc(OC)c1)NC(=O)C2CC(=O)Nc1ccc(Br)cc1. The molecule has 0 aliphatic carbocycles. The highest BCUT2D eigenvalue weighted by Gasteiger charge is 2.37. The van der Waals surface area contributed by atoms with E-state index in [1.807, 2.05) is 36.4 Å². The van der Waals surface area contributed by atoms with Gasteiger partial charge in [-0.2, -0.15) is 5.10 Å². The number of nitrogens with one attached hydrogen (secondary N) is 2. The average molecular weight is 485 g/mol. The van der Waals surface area contributed by atoms with E-state index >= 15 is 0 Å². The predicted molar refractivity (Wildman–Crippen MR) is 120 cm³/mol. The van der Waals surface area contributed by atoms with Crippen molar-refractivity contribution in [2.75, 3.05) is 24.9 Å². The summed E-state index contributed by atoms with van der Waals surface area (Å²) < 4.78 is 13.1. The van der Waals surface area contributed by atoms with Crippen LogP contribution in [0.15, 0.2) is 53.0 Å². The summed E-state index contributed by atoms with van der Waals surface area (Å²) in [5.74, 6) is 0.686. The number of aromatic nitrogens is 2. The number of carbonyl (C=O) groups excluding carboxylic acids is 2. The summed E-state index contributed by atoms with van der Waals surface area (Å²) in [6.45, 7) is 0.264. The molecule has 0 bridgehead atoms. The molecule has 0 saturated carbocycles. The number of hydrogen-bond donors (Lipinski definition) is 2. The standard InChI is InChI=1S/C22H21BrN4O4/c1-30-12-17-20(13-4-3-5-16(10-13)31-2)21-25-22(29)18(27(21)26-17)11-19(28)24-15-8-6-14(23)7-9-15/h3-10,18H,11-12H2,1-2H3,(H,24,28)(H,25,29). The van der Waals surface area contributed by atoms with E-state index in [9.17, 15) is 9.59 Å². The zero-order valence-electron chi connectivity index (χ0n) is 17.0. The number of carbonyl (C=O) groups is 2. The molecule has 2 aromatic carbocycles. The Morgan fingerprint density at radius 3 is 2.71 bits per heavy atom. The first-order chi connectivity index (χ1) is 15.0. The Morgan fingerprint density at radius 2 is 2.00 bits per heavy atom. The van der Waals surface area contributed by atoms with Crippen LogP contribution in [0.4, 0.5) is 11.5 Å². The van der Waals surface area contributed by atoms with Crippen molar-refractivity contribution >= 4 is 39.2 Å². The number of methoxy groups -OCH3 is 2. The second kappa shape index (κ2) is 8.91. The third-order valence-corrected chi connectivity index (χ3v) is 5.50. The topological polar surface area (TPSA) is 94.5 Å². The molecule has 2 amide bonds. The van der Waals surface area contributed by atoms with Crippen molar-refractivity contribution in [2.24, 2.45) is 0 Å². The molecule has 160 valence electrons. The van der Waals surface area contributed by atoms with Crippen LogP contribution in [0.3, 0.4) is 0 Å². The minimum atomic E-state index is -0.750. The normalized spacial score (nSPS) is 14.8. The lowest BCUT2D eigenvalue weighted by atomic mass is 10.1. The first kappa shape index (κ1) is 21.1. The van der Waals surface area contributed by atoms with E-state index in [1.165, 1.54) is 0 Å². The fourth-order valence-electron chi connectivity index (χ4n) is 3.56. The Morgan fingerprint density at radius 1 is 1.23 bits per heavy atom. The Labute approximate surface area is 187 Å². The van der Waals surface area contributed by atoms with Gasteiger partial charge in [0.05, 0.1) is 31.4 Å². The van der Waals surface area contributed by atoms with Crippen molar-refractivity contribution in [1.82, 2.24) is 9.78 Å². The van der Waals surface area contributed by atoms with E-state index in [4.69, 9.17) is 9.47 Å². The third kappa shape index (κ3) is 4.33. The molecule has 0 spiro atoms. The van der Waals surface area contributed by atoms with Crippen molar-refractivity contribution in [2.45, 2.75) is 19.1 Å². The summed E-state index contributed by atoms with van der Waals surface area (Å²) in [4.78, 5) is 25.3. The summed E-state index contributed by atoms with van der Waals surface area (Å²) in [5.41, 5.74) is 2.92. The van der Waals surface area contributed by atoms with Gasteiger partial charge in [0.25, 0.3) is 5.91 Å². The van der Waals surface area contributed by atoms with Crippen LogP contribution in [0, 0.1) is 0 Å². The average Bonchev–Trinajstić information content (AvgIpc) is 3.25. The van der Waals surface area contributed by atoms with Crippen LogP contribution in [-0.2, 0) is 20.9 Å². The van der Waals surface area contributed by atoms with Gasteiger partial charge in [-0.15, -0.1) is 0 Å². The number of ether oxygens (including phenoxy) is 2. The fraction of sp³-hybridized carbons (Fsp3) is 0.227. The molecule has 0 saturated heterocycles. The third-order valence-electron chi connectivity index (χ3n) is 4.97. The number of nitrogens with zero attached hydrogens (tertiary/aromatic N) is 2. The van der Waals surface area contributed by atoms with E-state index < -0.39 is 6.04 Å². The highest BCUT2D eigenvalue weighted by atomic mass is 79.9. The molecular formula is C22H21BrN4O4. The van der Waals surface area contributed by atoms with E-state index in [1.54, 1.807) is 31.0 Å². The Kier molecular flexibility index (Phi) is 6.06. The quantitative estimate of drug-likeness (QED) is 0.528. The van der Waals surface area contributed by atoms with E-state index in [0.717, 1.165) is 15.6 Å². The molecule has 3 aromatic rings. The molecule has 1 aliphatic heterocycles. The summed E-state index contributed by atoms with van der Waals surface area (Å²) in [7, 11) is 3.18. The van der Waals surface area contributed by atoms with Crippen molar-refractivity contribution in [3.8, 4) is 16.9 Å². The molecule has 31 heavy (non-hydrogen) atoms. The largest absolute Gasteiger partial charge is 0.497 e. The van der Waals surface area contributed by atoms with Gasteiger partial charge in [-0.1, -0.05) is 28.1 Å². The zero-order chi connectivity index (χ0) is 22.0. The minimum absolute atomic E-state index is 0.0411. The molecule has 1 atom stereocenters. The molecule has 0 fully saturated rings. The van der Waals surface area contributed by atoms with Crippen LogP contribution in [0.1, 0.15) is 18.2 Å². The van der Waals surface area contributed by atoms with Crippen molar-refractivity contribution in [1.29, 1.82) is 0 Å². The van der Waals surface area contributed by atoms with Gasteiger partial charge in [-0.05, 0) is 42.0 Å². The summed E-state index contributed by atoms with van der Waals surface area (Å²) in [6.07, 6.45) is -0.0411. The predicted octanol–water partition coefficient (Wildman–Crippen LogP) is 3.99. The van der Waals surface area contributed by atoms with Crippen molar-refractivity contribution in [3.05, 3.63) is 58.7 Å². The van der Waals surface area contributed by atoms with Gasteiger partial charge in [0, 0.05) is 17.3 Å². The molecular weight excluding hydrogens is 464 g/mol. The highest BCUT2D eigenvalue weighted by molar-refractivity contribution is 9.10. The molecule has 8 nitrogen and oxygen atoms in total. The highest BCUT2D eigenvalue weighted by Crippen LogP contribution is 2.39. The van der Waals surface area contributed by atoms with Crippen LogP contribution in [0.2, 0.25) is 0 Å². The van der Waals surface area contributed by atoms with Gasteiger partial charge >= 0.3 is 0 Å². The lowest BCUT2D eigenvalue weighted by molar-refractivity contribution is -0.123. The zero-order valence-corrected chi connectivity index (χ0v) is 18.6. The number of rotatable bonds is 7. The number of anilines is 2. The van der Waals surface area contributed by atoms with Crippen LogP contribution in [0.25, 0.3) is 11.1 Å². The number of benzene rings is 2. The Balaban J connectivity index is 1.63. The number of fused-ring (bicyclic) bond motifs is 1. The van der Waals surface area contributed by atoms with E-state index in [-0.39, 0.29) is 24.8 Å². The maximum absolute atomic E-state index is 12.7. The molecule has 1 unspecified atom stereocenters. The van der Waals surface area contributed by atoms with Crippen molar-refractivity contribution < 1.29 is 19.1 Å². The Bertz CT molecular complexity index is 1130. The number of amides is 2. The van der Waals surface area contributed by atoms with Crippen LogP contribution in [-0.4, -0.2) is 35.8 Å². The van der Waals surface area contributed by atoms with Crippen LogP contribution < -0.4 is 15.4 Å². The lowest BCUT2D eigenvalue weighted by Gasteiger charge is -2.10. The number of halogens is 1. The van der Waals surface area contributed by atoms with E-state index in [2.05, 4.69) is 31.7 Å². The summed E-state index contributed by atoms with van der Waals surface area (Å²) >= 11 is 3.36. The molecule has 2 N–H and O–H groups in total. The molecule has 1 aromatic heterocycles. The first-order valence-electron chi connectivity index (χ1n) is 9.61. The molecule has 9 heteroatoms. The van der Waals surface area contributed by atoms with Crippen LogP contribution in [0.5, 0.6) is 5.75 Å².